The van der Waals surface area contributed by atoms with Crippen molar-refractivity contribution in [2.45, 2.75) is 12.8 Å². The first kappa shape index (κ1) is 15.2. The van der Waals surface area contributed by atoms with Crippen LogP contribution in [0, 0.1) is 0 Å². The summed E-state index contributed by atoms with van der Waals surface area (Å²) >= 11 is 0. The van der Waals surface area contributed by atoms with Crippen LogP contribution in [-0.4, -0.2) is 0 Å². The number of pyridine rings is 1. The van der Waals surface area contributed by atoms with E-state index in [4.69, 9.17) is 0 Å². The standard InChI is InChI=1S/C20H18N.HI/c1-21-13-11-15(12-14-21)5-6-16-7-8-18-10-9-17-3-2-4-19(16)20(17)18;/h2-8,11-14H,9-10H2,1H3;1H/q+1;/p-1/b6-5+;. The molecule has 0 bridgehead atoms. The van der Waals surface area contributed by atoms with E-state index in [0.29, 0.717) is 0 Å². The predicted octanol–water partition coefficient (Wildman–Crippen LogP) is 0.937. The summed E-state index contributed by atoms with van der Waals surface area (Å²) in [5.41, 5.74) is 5.55. The molecular formula is C20H18IN. The highest BCUT2D eigenvalue weighted by molar-refractivity contribution is 5.98. The molecule has 2 aromatic carbocycles. The van der Waals surface area contributed by atoms with Crippen LogP contribution in [0.25, 0.3) is 22.9 Å². The van der Waals surface area contributed by atoms with Gasteiger partial charge in [0.2, 0.25) is 0 Å². The Labute approximate surface area is 148 Å². The summed E-state index contributed by atoms with van der Waals surface area (Å²) in [5.74, 6) is 0. The van der Waals surface area contributed by atoms with Crippen LogP contribution >= 0.6 is 0 Å². The number of hydrogen-bond donors (Lipinski definition) is 0. The van der Waals surface area contributed by atoms with E-state index in [2.05, 4.69) is 71.6 Å². The Kier molecular flexibility index (Phi) is 4.30. The highest BCUT2D eigenvalue weighted by Gasteiger charge is 2.14. The van der Waals surface area contributed by atoms with Gasteiger partial charge in [-0.3, -0.25) is 0 Å². The summed E-state index contributed by atoms with van der Waals surface area (Å²) in [6.45, 7) is 0. The molecule has 0 amide bonds. The van der Waals surface area contributed by atoms with Gasteiger partial charge in [0, 0.05) is 12.1 Å². The molecule has 4 rings (SSSR count). The van der Waals surface area contributed by atoms with E-state index in [1.54, 1.807) is 0 Å². The lowest BCUT2D eigenvalue weighted by Gasteiger charge is -2.05. The summed E-state index contributed by atoms with van der Waals surface area (Å²) in [7, 11) is 2.04. The Morgan fingerprint density at radius 3 is 2.36 bits per heavy atom. The highest BCUT2D eigenvalue weighted by atomic mass is 127. The lowest BCUT2D eigenvalue weighted by atomic mass is 9.99. The molecule has 2 heteroatoms. The third-order valence-electron chi connectivity index (χ3n) is 4.37. The number of benzene rings is 2. The molecule has 0 radical (unpaired) electrons. The summed E-state index contributed by atoms with van der Waals surface area (Å²) in [6, 6.07) is 15.5. The van der Waals surface area contributed by atoms with E-state index in [-0.39, 0.29) is 24.0 Å². The van der Waals surface area contributed by atoms with Gasteiger partial charge in [-0.1, -0.05) is 42.5 Å². The van der Waals surface area contributed by atoms with E-state index in [0.717, 1.165) is 0 Å². The lowest BCUT2D eigenvalue weighted by Crippen LogP contribution is -3.00. The van der Waals surface area contributed by atoms with Gasteiger partial charge in [0.1, 0.15) is 7.05 Å². The fourth-order valence-corrected chi connectivity index (χ4v) is 3.22. The van der Waals surface area contributed by atoms with Gasteiger partial charge in [-0.2, -0.15) is 0 Å². The lowest BCUT2D eigenvalue weighted by molar-refractivity contribution is -0.671. The van der Waals surface area contributed by atoms with Crippen molar-refractivity contribution in [1.82, 2.24) is 0 Å². The first-order valence-electron chi connectivity index (χ1n) is 7.48. The topological polar surface area (TPSA) is 3.88 Å². The number of hydrogen-bond acceptors (Lipinski definition) is 0. The van der Waals surface area contributed by atoms with Crippen molar-refractivity contribution >= 4 is 22.9 Å². The number of aryl methyl sites for hydroxylation is 3. The Balaban J connectivity index is 0.00000144. The number of halogens is 1. The smallest absolute Gasteiger partial charge is 0.169 e. The van der Waals surface area contributed by atoms with Gasteiger partial charge < -0.3 is 24.0 Å². The Morgan fingerprint density at radius 1 is 0.864 bits per heavy atom. The predicted molar refractivity (Wildman–Crippen MR) is 87.9 cm³/mol. The Morgan fingerprint density at radius 2 is 1.59 bits per heavy atom. The first-order chi connectivity index (χ1) is 10.3. The van der Waals surface area contributed by atoms with Crippen LogP contribution in [0.4, 0.5) is 0 Å². The molecule has 0 spiro atoms. The molecule has 0 saturated carbocycles. The van der Waals surface area contributed by atoms with Crippen molar-refractivity contribution < 1.29 is 28.5 Å². The minimum atomic E-state index is 0. The van der Waals surface area contributed by atoms with Gasteiger partial charge >= 0.3 is 0 Å². The fourth-order valence-electron chi connectivity index (χ4n) is 3.22. The van der Waals surface area contributed by atoms with Gasteiger partial charge in [0.25, 0.3) is 0 Å². The zero-order valence-electron chi connectivity index (χ0n) is 12.6. The Hall–Kier alpha value is -1.68. The molecule has 1 aromatic heterocycles. The molecule has 0 saturated heterocycles. The van der Waals surface area contributed by atoms with E-state index in [1.807, 2.05) is 7.05 Å². The van der Waals surface area contributed by atoms with Crippen LogP contribution in [0.15, 0.2) is 54.9 Å². The molecule has 0 aliphatic heterocycles. The van der Waals surface area contributed by atoms with E-state index >= 15 is 0 Å². The fraction of sp³-hybridized carbons (Fsp3) is 0.150. The number of rotatable bonds is 2. The summed E-state index contributed by atoms with van der Waals surface area (Å²) in [4.78, 5) is 0. The van der Waals surface area contributed by atoms with Crippen LogP contribution in [0.1, 0.15) is 22.3 Å². The molecule has 110 valence electrons. The van der Waals surface area contributed by atoms with Crippen molar-refractivity contribution in [1.29, 1.82) is 0 Å². The highest BCUT2D eigenvalue weighted by Crippen LogP contribution is 2.33. The third-order valence-corrected chi connectivity index (χ3v) is 4.37. The van der Waals surface area contributed by atoms with E-state index in [9.17, 15) is 0 Å². The van der Waals surface area contributed by atoms with Crippen LogP contribution in [0.5, 0.6) is 0 Å². The zero-order valence-corrected chi connectivity index (χ0v) is 14.7. The minimum absolute atomic E-state index is 0. The summed E-state index contributed by atoms with van der Waals surface area (Å²) in [5, 5.41) is 2.87. The maximum atomic E-state index is 2.30. The molecule has 1 nitrogen and oxygen atoms in total. The average Bonchev–Trinajstić information content (AvgIpc) is 2.94. The van der Waals surface area contributed by atoms with Crippen molar-refractivity contribution in [3.05, 3.63) is 77.1 Å². The molecule has 0 N–H and O–H groups in total. The molecule has 1 heterocycles. The maximum absolute atomic E-state index is 2.30. The second-order valence-electron chi connectivity index (χ2n) is 5.78. The molecule has 1 aliphatic rings. The largest absolute Gasteiger partial charge is 1.00 e. The van der Waals surface area contributed by atoms with Gasteiger partial charge in [-0.25, -0.2) is 4.57 Å². The van der Waals surface area contributed by atoms with Crippen molar-refractivity contribution in [2.24, 2.45) is 7.05 Å². The maximum Gasteiger partial charge on any atom is 0.169 e. The SMILES string of the molecule is C[n+]1ccc(/C=C/c2ccc3c4c(cccc24)CC3)cc1.[I-]. The molecule has 0 atom stereocenters. The van der Waals surface area contributed by atoms with Crippen LogP contribution < -0.4 is 28.5 Å². The summed E-state index contributed by atoms with van der Waals surface area (Å²) in [6.07, 6.45) is 11.0. The molecule has 0 unspecified atom stereocenters. The van der Waals surface area contributed by atoms with Gasteiger partial charge in [0.05, 0.1) is 0 Å². The number of nitrogens with zero attached hydrogens (tertiary/aromatic N) is 1. The summed E-state index contributed by atoms with van der Waals surface area (Å²) < 4.78 is 2.05. The van der Waals surface area contributed by atoms with Crippen molar-refractivity contribution in [3.8, 4) is 0 Å². The van der Waals surface area contributed by atoms with Crippen LogP contribution in [0.2, 0.25) is 0 Å². The first-order valence-corrected chi connectivity index (χ1v) is 7.48. The molecular weight excluding hydrogens is 381 g/mol. The quantitative estimate of drug-likeness (QED) is 0.446. The van der Waals surface area contributed by atoms with Crippen LogP contribution in [-0.2, 0) is 19.9 Å². The van der Waals surface area contributed by atoms with E-state index < -0.39 is 0 Å². The normalized spacial score (nSPS) is 12.8. The molecule has 22 heavy (non-hydrogen) atoms. The van der Waals surface area contributed by atoms with Crippen LogP contribution in [0.3, 0.4) is 0 Å². The Bertz CT molecular complexity index is 837. The second-order valence-corrected chi connectivity index (χ2v) is 5.78. The minimum Gasteiger partial charge on any atom is -1.00 e. The van der Waals surface area contributed by atoms with Crippen molar-refractivity contribution in [2.75, 3.05) is 0 Å². The number of aromatic nitrogens is 1. The van der Waals surface area contributed by atoms with Gasteiger partial charge in [-0.15, -0.1) is 0 Å². The molecule has 0 fully saturated rings. The van der Waals surface area contributed by atoms with Gasteiger partial charge in [0.15, 0.2) is 12.4 Å². The van der Waals surface area contributed by atoms with E-state index in [1.165, 1.54) is 45.9 Å². The monoisotopic (exact) mass is 399 g/mol. The van der Waals surface area contributed by atoms with Crippen molar-refractivity contribution in [3.63, 3.8) is 0 Å². The average molecular weight is 399 g/mol. The zero-order chi connectivity index (χ0) is 14.2. The van der Waals surface area contributed by atoms with Gasteiger partial charge in [-0.05, 0) is 45.9 Å². The molecule has 3 aromatic rings. The second kappa shape index (κ2) is 6.21. The third kappa shape index (κ3) is 2.68. The molecule has 1 aliphatic carbocycles.